The Bertz CT molecular complexity index is 1070. The number of aromatic nitrogens is 3. The maximum absolute atomic E-state index is 13.4. The highest BCUT2D eigenvalue weighted by Gasteiger charge is 2.53. The van der Waals surface area contributed by atoms with E-state index in [0.717, 1.165) is 0 Å². The molecule has 1 N–H and O–H groups in total. The maximum atomic E-state index is 13.4. The van der Waals surface area contributed by atoms with Gasteiger partial charge in [0.05, 0.1) is 7.11 Å². The highest BCUT2D eigenvalue weighted by atomic mass is 16.5. The summed E-state index contributed by atoms with van der Waals surface area (Å²) in [5.74, 6) is 0.864. The Balaban J connectivity index is 1.79. The van der Waals surface area contributed by atoms with Crippen LogP contribution in [0.4, 0.5) is 11.9 Å². The molecule has 0 spiro atoms. The van der Waals surface area contributed by atoms with Gasteiger partial charge >= 0.3 is 6.01 Å². The minimum atomic E-state index is -0.614. The zero-order valence-corrected chi connectivity index (χ0v) is 28.7. The van der Waals surface area contributed by atoms with Gasteiger partial charge in [0.25, 0.3) is 0 Å². The number of ether oxygens (including phenoxy) is 1. The number of anilines is 2. The van der Waals surface area contributed by atoms with Crippen molar-refractivity contribution in [3.8, 4) is 6.01 Å². The molecule has 243 valence electrons. The number of hydrogen-bond donors (Lipinski definition) is 1. The van der Waals surface area contributed by atoms with E-state index in [2.05, 4.69) is 15.2 Å². The van der Waals surface area contributed by atoms with E-state index in [1.807, 2.05) is 83.1 Å². The summed E-state index contributed by atoms with van der Waals surface area (Å²) < 4.78 is 5.60. The lowest BCUT2D eigenvalue weighted by atomic mass is 9.75. The number of nitrogens with one attached hydrogen (secondary N) is 1. The second-order valence-corrected chi connectivity index (χ2v) is 17.0. The van der Waals surface area contributed by atoms with Crippen LogP contribution in [0, 0.1) is 0 Å². The Morgan fingerprint density at radius 3 is 1.30 bits per heavy atom. The van der Waals surface area contributed by atoms with Gasteiger partial charge in [0.2, 0.25) is 11.9 Å². The molecule has 0 saturated carbocycles. The number of hydroxylamine groups is 6. The smallest absolute Gasteiger partial charge is 0.322 e. The summed E-state index contributed by atoms with van der Waals surface area (Å²) in [4.78, 5) is 16.6. The monoisotopic (exact) mass is 603 g/mol. The van der Waals surface area contributed by atoms with E-state index in [-0.39, 0.29) is 24.1 Å². The van der Waals surface area contributed by atoms with Gasteiger partial charge in [-0.1, -0.05) is 0 Å². The van der Waals surface area contributed by atoms with Crippen molar-refractivity contribution in [1.29, 1.82) is 0 Å². The second kappa shape index (κ2) is 10.9. The van der Waals surface area contributed by atoms with Gasteiger partial charge in [-0.25, -0.2) is 0 Å². The highest BCUT2D eigenvalue weighted by molar-refractivity contribution is 5.43. The quantitative estimate of drug-likeness (QED) is 0.466. The van der Waals surface area contributed by atoms with Crippen LogP contribution < -0.4 is 15.0 Å². The van der Waals surface area contributed by atoms with Gasteiger partial charge < -0.3 is 15.0 Å². The molecule has 0 bridgehead atoms. The fourth-order valence-corrected chi connectivity index (χ4v) is 8.60. The van der Waals surface area contributed by atoms with E-state index in [1.54, 1.807) is 7.11 Å². The van der Waals surface area contributed by atoms with Crippen molar-refractivity contribution in [2.75, 3.05) is 17.3 Å². The van der Waals surface area contributed by atoms with E-state index in [1.165, 1.54) is 15.2 Å². The Morgan fingerprint density at radius 1 is 0.605 bits per heavy atom. The third-order valence-electron chi connectivity index (χ3n) is 9.87. The molecule has 3 saturated heterocycles. The van der Waals surface area contributed by atoms with Crippen molar-refractivity contribution >= 4 is 11.9 Å². The van der Waals surface area contributed by atoms with Crippen LogP contribution in [0.25, 0.3) is 0 Å². The van der Waals surface area contributed by atoms with Crippen LogP contribution in [0.5, 0.6) is 6.01 Å². The number of rotatable bonds is 6. The van der Waals surface area contributed by atoms with Crippen LogP contribution in [0.15, 0.2) is 0 Å². The fourth-order valence-electron chi connectivity index (χ4n) is 8.60. The zero-order valence-electron chi connectivity index (χ0n) is 28.7. The average Bonchev–Trinajstić information content (AvgIpc) is 2.83. The van der Waals surface area contributed by atoms with Crippen LogP contribution in [-0.2, 0) is 15.6 Å². The van der Waals surface area contributed by atoms with Crippen LogP contribution >= 0.6 is 0 Å². The Kier molecular flexibility index (Phi) is 8.64. The van der Waals surface area contributed by atoms with Crippen LogP contribution in [0.2, 0.25) is 0 Å². The first kappa shape index (κ1) is 34.1. The lowest BCUT2D eigenvalue weighted by molar-refractivity contribution is -0.294. The predicted octanol–water partition coefficient (Wildman–Crippen LogP) is 5.20. The van der Waals surface area contributed by atoms with Gasteiger partial charge in [-0.3, -0.25) is 0 Å². The average molecular weight is 604 g/mol. The summed E-state index contributed by atoms with van der Waals surface area (Å²) >= 11 is 0. The topological polar surface area (TPSA) is 133 Å². The Labute approximate surface area is 258 Å². The zero-order chi connectivity index (χ0) is 32.6. The molecule has 3 radical (unpaired) electrons. The third-order valence-corrected chi connectivity index (χ3v) is 9.87. The van der Waals surface area contributed by atoms with Crippen molar-refractivity contribution in [2.45, 2.75) is 173 Å². The molecule has 4 heterocycles. The lowest BCUT2D eigenvalue weighted by Crippen LogP contribution is -2.67. The molecule has 3 aliphatic heterocycles. The van der Waals surface area contributed by atoms with Gasteiger partial charge in [-0.2, -0.15) is 15.0 Å². The van der Waals surface area contributed by atoms with Gasteiger partial charge in [-0.15, -0.1) is 30.8 Å². The third kappa shape index (κ3) is 6.60. The molecule has 3 aliphatic rings. The summed E-state index contributed by atoms with van der Waals surface area (Å²) in [6.07, 6.45) is 3.70. The highest BCUT2D eigenvalue weighted by Crippen LogP contribution is 2.45. The number of hydrogen-bond acceptors (Lipinski definition) is 9. The molecule has 0 aromatic carbocycles. The first-order valence-corrected chi connectivity index (χ1v) is 15.7. The van der Waals surface area contributed by atoms with E-state index >= 15 is 0 Å². The standard InChI is InChI=1S/C31H55N8O4/c1-26(2)14-20(15-27(3,4)37(26)40)32-23-33-24(35-25(34-23)43-13)36(21-16-28(5,6)38(41)29(7,8)17-21)22-18-30(9,10)39(42)31(11,12)19-22/h20-22H,14-19H2,1-13H3,(H,32,33,34,35). The van der Waals surface area contributed by atoms with E-state index < -0.39 is 33.2 Å². The van der Waals surface area contributed by atoms with Gasteiger partial charge in [0.1, 0.15) is 0 Å². The largest absolute Gasteiger partial charge is 0.467 e. The van der Waals surface area contributed by atoms with E-state index in [4.69, 9.17) is 14.7 Å². The van der Waals surface area contributed by atoms with Crippen molar-refractivity contribution in [3.63, 3.8) is 0 Å². The van der Waals surface area contributed by atoms with Crippen molar-refractivity contribution < 1.29 is 20.4 Å². The van der Waals surface area contributed by atoms with Crippen LogP contribution in [0.3, 0.4) is 0 Å². The maximum Gasteiger partial charge on any atom is 0.322 e. The first-order valence-electron chi connectivity index (χ1n) is 15.7. The molecule has 3 fully saturated rings. The molecular formula is C31H55N8O4. The normalized spacial score (nSPS) is 28.0. The van der Waals surface area contributed by atoms with Gasteiger partial charge in [0, 0.05) is 51.4 Å². The lowest BCUT2D eigenvalue weighted by Gasteiger charge is -2.57. The molecule has 4 rings (SSSR count). The molecule has 1 aromatic heterocycles. The van der Waals surface area contributed by atoms with Gasteiger partial charge in [0.15, 0.2) is 0 Å². The first-order chi connectivity index (χ1) is 19.4. The molecule has 43 heavy (non-hydrogen) atoms. The van der Waals surface area contributed by atoms with Crippen molar-refractivity contribution in [2.24, 2.45) is 0 Å². The van der Waals surface area contributed by atoms with E-state index in [0.29, 0.717) is 50.4 Å². The Morgan fingerprint density at radius 2 is 0.953 bits per heavy atom. The minimum absolute atomic E-state index is 0.0354. The summed E-state index contributed by atoms with van der Waals surface area (Å²) in [6, 6.07) is 0.0293. The van der Waals surface area contributed by atoms with Crippen LogP contribution in [0.1, 0.15) is 122 Å². The summed E-state index contributed by atoms with van der Waals surface area (Å²) in [7, 11) is 1.54. The predicted molar refractivity (Wildman–Crippen MR) is 164 cm³/mol. The Hall–Kier alpha value is -1.83. The molecule has 0 atom stereocenters. The molecule has 1 aromatic rings. The molecule has 0 unspecified atom stereocenters. The van der Waals surface area contributed by atoms with Crippen molar-refractivity contribution in [3.05, 3.63) is 0 Å². The second-order valence-electron chi connectivity index (χ2n) is 17.0. The van der Waals surface area contributed by atoms with Gasteiger partial charge in [-0.05, 0) is 122 Å². The van der Waals surface area contributed by atoms with Crippen molar-refractivity contribution in [1.82, 2.24) is 30.1 Å². The minimum Gasteiger partial charge on any atom is -0.467 e. The summed E-state index contributed by atoms with van der Waals surface area (Å²) in [6.45, 7) is 23.8. The fraction of sp³-hybridized carbons (Fsp3) is 0.903. The van der Waals surface area contributed by atoms with E-state index in [9.17, 15) is 15.6 Å². The number of piperidine rings is 3. The molecule has 0 aliphatic carbocycles. The SMILES string of the molecule is COc1nc(NC2CC(C)(C)N([O])C(C)(C)C2)nc(N(C2CC(C)(C)N([O])C(C)(C)C2)C2CC(C)(C)N([O])C(C)(C)C2)n1. The number of methoxy groups -OCH3 is 1. The summed E-state index contributed by atoms with van der Waals surface area (Å²) in [5.41, 5.74) is -3.57. The van der Waals surface area contributed by atoms with Crippen LogP contribution in [-0.4, -0.2) is 88.6 Å². The molecule has 12 heteroatoms. The molecular weight excluding hydrogens is 548 g/mol. The number of nitrogens with zero attached hydrogens (tertiary/aromatic N) is 7. The molecule has 0 amide bonds. The summed E-state index contributed by atoms with van der Waals surface area (Å²) in [5, 5.41) is 46.9. The molecule has 12 nitrogen and oxygen atoms in total.